The van der Waals surface area contributed by atoms with Crippen LogP contribution in [-0.4, -0.2) is 39.4 Å². The van der Waals surface area contributed by atoms with E-state index in [1.54, 1.807) is 20.2 Å². The number of anilines is 1. The molecule has 1 atom stereocenters. The van der Waals surface area contributed by atoms with Crippen LogP contribution in [0.3, 0.4) is 0 Å². The van der Waals surface area contributed by atoms with Crippen LogP contribution in [0.1, 0.15) is 22.8 Å². The van der Waals surface area contributed by atoms with Gasteiger partial charge >= 0.3 is 5.97 Å². The number of methoxy groups -OCH3 is 1. The number of nitrogens with one attached hydrogen (secondary N) is 1. The van der Waals surface area contributed by atoms with Crippen molar-refractivity contribution < 1.29 is 19.6 Å². The molecule has 0 bridgehead atoms. The highest BCUT2D eigenvalue weighted by Crippen LogP contribution is 2.32. The first kappa shape index (κ1) is 18.7. The van der Waals surface area contributed by atoms with E-state index in [4.69, 9.17) is 11.6 Å². The first-order chi connectivity index (χ1) is 11.7. The van der Waals surface area contributed by atoms with Crippen LogP contribution in [0.5, 0.6) is 0 Å². The van der Waals surface area contributed by atoms with Crippen molar-refractivity contribution in [3.8, 4) is 0 Å². The molecule has 10 heteroatoms. The zero-order valence-electron chi connectivity index (χ0n) is 13.8. The van der Waals surface area contributed by atoms with Crippen molar-refractivity contribution >= 4 is 28.9 Å². The Kier molecular flexibility index (Phi) is 5.29. The molecule has 1 aromatic carbocycles. The van der Waals surface area contributed by atoms with E-state index in [1.807, 2.05) is 0 Å². The predicted molar refractivity (Wildman–Crippen MR) is 90.7 cm³/mol. The number of aliphatic hydroxyl groups is 1. The molecule has 0 radical (unpaired) electrons. The average Bonchev–Trinajstić information content (AvgIpc) is 2.99. The van der Waals surface area contributed by atoms with E-state index in [2.05, 4.69) is 15.2 Å². The second kappa shape index (κ2) is 7.08. The van der Waals surface area contributed by atoms with Gasteiger partial charge in [0.25, 0.3) is 5.69 Å². The molecule has 0 saturated heterocycles. The summed E-state index contributed by atoms with van der Waals surface area (Å²) in [6.45, 7) is 1.51. The fourth-order valence-electron chi connectivity index (χ4n) is 2.19. The standard InChI is InChI=1S/C15H17ClN4O5/c1-15(22,9-6-18-19(2)7-9)8-17-12-5-11(16)10(14(21)25-3)4-13(12)20(23)24/h4-7,17,22H,8H2,1-3H3. The van der Waals surface area contributed by atoms with Crippen LogP contribution in [0.25, 0.3) is 0 Å². The van der Waals surface area contributed by atoms with Crippen LogP contribution in [0.4, 0.5) is 11.4 Å². The van der Waals surface area contributed by atoms with Gasteiger partial charge in [-0.1, -0.05) is 11.6 Å². The predicted octanol–water partition coefficient (Wildman–Crippen LogP) is 2.09. The first-order valence-corrected chi connectivity index (χ1v) is 7.55. The second-order valence-corrected chi connectivity index (χ2v) is 6.04. The maximum Gasteiger partial charge on any atom is 0.339 e. The van der Waals surface area contributed by atoms with Gasteiger partial charge in [-0.25, -0.2) is 4.79 Å². The zero-order valence-corrected chi connectivity index (χ0v) is 14.6. The minimum atomic E-state index is -1.32. The van der Waals surface area contributed by atoms with Crippen molar-refractivity contribution in [1.29, 1.82) is 0 Å². The van der Waals surface area contributed by atoms with Gasteiger partial charge in [0.2, 0.25) is 0 Å². The molecular weight excluding hydrogens is 352 g/mol. The lowest BCUT2D eigenvalue weighted by Crippen LogP contribution is -2.30. The molecule has 9 nitrogen and oxygen atoms in total. The molecule has 0 spiro atoms. The van der Waals surface area contributed by atoms with Gasteiger partial charge in [0.05, 0.1) is 28.8 Å². The number of nitro groups is 1. The molecule has 2 N–H and O–H groups in total. The van der Waals surface area contributed by atoms with Gasteiger partial charge < -0.3 is 15.2 Å². The van der Waals surface area contributed by atoms with Gasteiger partial charge in [0.1, 0.15) is 11.3 Å². The van der Waals surface area contributed by atoms with E-state index in [1.165, 1.54) is 16.9 Å². The summed E-state index contributed by atoms with van der Waals surface area (Å²) < 4.78 is 6.09. The molecule has 2 rings (SSSR count). The number of aromatic nitrogens is 2. The average molecular weight is 369 g/mol. The highest BCUT2D eigenvalue weighted by atomic mass is 35.5. The lowest BCUT2D eigenvalue weighted by molar-refractivity contribution is -0.384. The summed E-state index contributed by atoms with van der Waals surface area (Å²) in [5.74, 6) is -0.776. The van der Waals surface area contributed by atoms with Crippen LogP contribution in [0.15, 0.2) is 24.5 Å². The van der Waals surface area contributed by atoms with Crippen LogP contribution in [-0.2, 0) is 17.4 Å². The van der Waals surface area contributed by atoms with Crippen LogP contribution < -0.4 is 5.32 Å². The van der Waals surface area contributed by atoms with Crippen molar-refractivity contribution in [1.82, 2.24) is 9.78 Å². The molecule has 0 fully saturated rings. The molecular formula is C15H17ClN4O5. The number of ether oxygens (including phenoxy) is 1. The Hall–Kier alpha value is -2.65. The maximum atomic E-state index is 11.6. The largest absolute Gasteiger partial charge is 0.465 e. The third kappa shape index (κ3) is 4.06. The Morgan fingerprint density at radius 2 is 2.24 bits per heavy atom. The van der Waals surface area contributed by atoms with E-state index in [-0.39, 0.29) is 28.5 Å². The lowest BCUT2D eigenvalue weighted by Gasteiger charge is -2.23. The fraction of sp³-hybridized carbons (Fsp3) is 0.333. The quantitative estimate of drug-likeness (QED) is 0.455. The van der Waals surface area contributed by atoms with Gasteiger partial charge in [-0.2, -0.15) is 5.10 Å². The number of hydrogen-bond acceptors (Lipinski definition) is 7. The molecule has 0 aliphatic heterocycles. The molecule has 0 amide bonds. The van der Waals surface area contributed by atoms with Crippen molar-refractivity contribution in [3.63, 3.8) is 0 Å². The minimum Gasteiger partial charge on any atom is -0.465 e. The SMILES string of the molecule is COC(=O)c1cc([N+](=O)[O-])c(NCC(C)(O)c2cnn(C)c2)cc1Cl. The number of carbonyl (C=O) groups is 1. The zero-order chi connectivity index (χ0) is 18.8. The molecule has 0 aliphatic carbocycles. The Labute approximate surface area is 148 Å². The number of carbonyl (C=O) groups excluding carboxylic acids is 1. The van der Waals surface area contributed by atoms with E-state index in [0.29, 0.717) is 5.56 Å². The Bertz CT molecular complexity index is 818. The second-order valence-electron chi connectivity index (χ2n) is 5.63. The highest BCUT2D eigenvalue weighted by molar-refractivity contribution is 6.34. The van der Waals surface area contributed by atoms with Crippen LogP contribution >= 0.6 is 11.6 Å². The molecule has 0 aliphatic rings. The summed E-state index contributed by atoms with van der Waals surface area (Å²) in [6.07, 6.45) is 3.15. The van der Waals surface area contributed by atoms with Crippen LogP contribution in [0.2, 0.25) is 5.02 Å². The summed E-state index contributed by atoms with van der Waals surface area (Å²) in [5, 5.41) is 28.6. The topological polar surface area (TPSA) is 120 Å². The van der Waals surface area contributed by atoms with Crippen molar-refractivity contribution in [2.24, 2.45) is 7.05 Å². The van der Waals surface area contributed by atoms with E-state index >= 15 is 0 Å². The van der Waals surface area contributed by atoms with Crippen molar-refractivity contribution in [3.05, 3.63) is 50.8 Å². The molecule has 1 unspecified atom stereocenters. The van der Waals surface area contributed by atoms with Gasteiger partial charge in [0.15, 0.2) is 0 Å². The third-order valence-corrected chi connectivity index (χ3v) is 3.95. The van der Waals surface area contributed by atoms with Gasteiger partial charge in [-0.15, -0.1) is 0 Å². The Balaban J connectivity index is 2.31. The Morgan fingerprint density at radius 1 is 1.56 bits per heavy atom. The van der Waals surface area contributed by atoms with E-state index in [9.17, 15) is 20.0 Å². The van der Waals surface area contributed by atoms with Crippen LogP contribution in [0, 0.1) is 10.1 Å². The summed E-state index contributed by atoms with van der Waals surface area (Å²) >= 11 is 6.01. The number of halogens is 1. The number of hydrogen-bond donors (Lipinski definition) is 2. The van der Waals surface area contributed by atoms with Gasteiger partial charge in [0, 0.05) is 31.4 Å². The third-order valence-electron chi connectivity index (χ3n) is 3.64. The lowest BCUT2D eigenvalue weighted by atomic mass is 9.99. The molecule has 1 aromatic heterocycles. The highest BCUT2D eigenvalue weighted by Gasteiger charge is 2.27. The van der Waals surface area contributed by atoms with E-state index in [0.717, 1.165) is 13.2 Å². The number of esters is 1. The Morgan fingerprint density at radius 3 is 2.76 bits per heavy atom. The molecule has 25 heavy (non-hydrogen) atoms. The number of benzene rings is 1. The minimum absolute atomic E-state index is 0.000899. The first-order valence-electron chi connectivity index (χ1n) is 7.17. The fourth-order valence-corrected chi connectivity index (χ4v) is 2.43. The van der Waals surface area contributed by atoms with Gasteiger partial charge in [-0.05, 0) is 13.0 Å². The normalized spacial score (nSPS) is 13.2. The molecule has 134 valence electrons. The van der Waals surface area contributed by atoms with Crippen molar-refractivity contribution in [2.45, 2.75) is 12.5 Å². The summed E-state index contributed by atoms with van der Waals surface area (Å²) in [7, 11) is 2.87. The number of nitrogens with zero attached hydrogens (tertiary/aromatic N) is 3. The van der Waals surface area contributed by atoms with E-state index < -0.39 is 16.5 Å². The summed E-state index contributed by atoms with van der Waals surface area (Å²) in [5.41, 5.74) is -1.17. The monoisotopic (exact) mass is 368 g/mol. The van der Waals surface area contributed by atoms with Crippen molar-refractivity contribution in [2.75, 3.05) is 19.0 Å². The maximum absolute atomic E-state index is 11.6. The number of nitro benzene ring substituents is 1. The summed E-state index contributed by atoms with van der Waals surface area (Å²) in [6, 6.07) is 2.29. The number of rotatable bonds is 6. The molecule has 1 heterocycles. The molecule has 2 aromatic rings. The smallest absolute Gasteiger partial charge is 0.339 e. The summed E-state index contributed by atoms with van der Waals surface area (Å²) in [4.78, 5) is 22.3. The number of aryl methyl sites for hydroxylation is 1. The van der Waals surface area contributed by atoms with Gasteiger partial charge in [-0.3, -0.25) is 14.8 Å². The molecule has 0 saturated carbocycles.